The molecule has 0 bridgehead atoms. The van der Waals surface area contributed by atoms with Gasteiger partial charge in [0.15, 0.2) is 11.2 Å². The summed E-state index contributed by atoms with van der Waals surface area (Å²) in [5.74, 6) is -4.54. The minimum Gasteiger partial charge on any atom is -0.406 e. The van der Waals surface area contributed by atoms with Crippen LogP contribution < -0.4 is 10.5 Å². The second-order valence-corrected chi connectivity index (χ2v) is 5.61. The van der Waals surface area contributed by atoms with Crippen LogP contribution >= 0.6 is 0 Å². The zero-order valence-corrected chi connectivity index (χ0v) is 13.2. The third-order valence-corrected chi connectivity index (χ3v) is 3.33. The van der Waals surface area contributed by atoms with Gasteiger partial charge in [0.05, 0.1) is 12.2 Å². The van der Waals surface area contributed by atoms with Crippen LogP contribution in [0.15, 0.2) is 45.6 Å². The number of hydrogen-bond acceptors (Lipinski definition) is 4. The third kappa shape index (κ3) is 4.01. The van der Waals surface area contributed by atoms with E-state index in [0.717, 1.165) is 12.1 Å². The van der Waals surface area contributed by atoms with Crippen molar-refractivity contribution in [2.75, 3.05) is 0 Å². The van der Waals surface area contributed by atoms with E-state index in [1.807, 2.05) is 0 Å². The molecule has 3 aromatic rings. The minimum atomic E-state index is -4.81. The Morgan fingerprint density at radius 2 is 1.73 bits per heavy atom. The highest BCUT2D eigenvalue weighted by molar-refractivity contribution is 5.73. The van der Waals surface area contributed by atoms with E-state index >= 15 is 0 Å². The van der Waals surface area contributed by atoms with Gasteiger partial charge in [0.25, 0.3) is 5.92 Å². The number of benzene rings is 1. The number of pyridine rings is 1. The smallest absolute Gasteiger partial charge is 0.406 e. The van der Waals surface area contributed by atoms with Crippen LogP contribution in [0.1, 0.15) is 6.92 Å². The standard InChI is InChI=1S/C16H11F5N2O3/c1-15(17,18)8-23-13-12(25-14(23)24)7-6-11(22-13)9-2-4-10(5-3-9)26-16(19,20)21/h2-7H,8H2,1H3. The highest BCUT2D eigenvalue weighted by Gasteiger charge is 2.31. The maximum atomic E-state index is 13.3. The molecule has 0 saturated heterocycles. The maximum Gasteiger partial charge on any atom is 0.573 e. The first kappa shape index (κ1) is 17.9. The molecule has 0 aliphatic rings. The van der Waals surface area contributed by atoms with E-state index in [0.29, 0.717) is 17.1 Å². The van der Waals surface area contributed by atoms with Gasteiger partial charge in [-0.1, -0.05) is 0 Å². The Kier molecular flexibility index (Phi) is 4.21. The van der Waals surface area contributed by atoms with Crippen molar-refractivity contribution in [2.45, 2.75) is 25.8 Å². The van der Waals surface area contributed by atoms with E-state index in [1.54, 1.807) is 0 Å². The van der Waals surface area contributed by atoms with E-state index in [4.69, 9.17) is 4.42 Å². The number of alkyl halides is 5. The summed E-state index contributed by atoms with van der Waals surface area (Å²) in [6.07, 6.45) is -4.81. The van der Waals surface area contributed by atoms with Crippen LogP contribution in [0.4, 0.5) is 22.0 Å². The molecule has 3 rings (SSSR count). The van der Waals surface area contributed by atoms with Crippen LogP contribution in [0.25, 0.3) is 22.5 Å². The number of nitrogens with zero attached hydrogens (tertiary/aromatic N) is 2. The number of ether oxygens (including phenoxy) is 1. The molecule has 10 heteroatoms. The Hall–Kier alpha value is -2.91. The highest BCUT2D eigenvalue weighted by Crippen LogP contribution is 2.27. The molecule has 0 unspecified atom stereocenters. The summed E-state index contributed by atoms with van der Waals surface area (Å²) in [7, 11) is 0. The van der Waals surface area contributed by atoms with Crippen molar-refractivity contribution in [1.82, 2.24) is 9.55 Å². The zero-order valence-electron chi connectivity index (χ0n) is 13.2. The molecule has 0 aliphatic heterocycles. The van der Waals surface area contributed by atoms with E-state index in [9.17, 15) is 26.7 Å². The van der Waals surface area contributed by atoms with Gasteiger partial charge in [-0.15, -0.1) is 13.2 Å². The summed E-state index contributed by atoms with van der Waals surface area (Å²) in [5.41, 5.74) is 0.625. The number of halogens is 5. The second kappa shape index (κ2) is 6.11. The maximum absolute atomic E-state index is 13.3. The number of fused-ring (bicyclic) bond motifs is 1. The van der Waals surface area contributed by atoms with Crippen molar-refractivity contribution in [3.8, 4) is 17.0 Å². The van der Waals surface area contributed by atoms with Crippen LogP contribution in [-0.2, 0) is 6.54 Å². The fourth-order valence-corrected chi connectivity index (χ4v) is 2.35. The second-order valence-electron chi connectivity index (χ2n) is 5.61. The third-order valence-electron chi connectivity index (χ3n) is 3.33. The summed E-state index contributed by atoms with van der Waals surface area (Å²) in [6.45, 7) is -0.255. The van der Waals surface area contributed by atoms with E-state index in [1.165, 1.54) is 24.3 Å². The van der Waals surface area contributed by atoms with Gasteiger partial charge in [-0.25, -0.2) is 18.6 Å². The van der Waals surface area contributed by atoms with Gasteiger partial charge in [-0.3, -0.25) is 4.57 Å². The first-order valence-electron chi connectivity index (χ1n) is 7.26. The topological polar surface area (TPSA) is 57.3 Å². The zero-order chi connectivity index (χ0) is 19.1. The van der Waals surface area contributed by atoms with Gasteiger partial charge < -0.3 is 9.15 Å². The summed E-state index contributed by atoms with van der Waals surface area (Å²) < 4.78 is 72.4. The van der Waals surface area contributed by atoms with Gasteiger partial charge in [0, 0.05) is 12.5 Å². The van der Waals surface area contributed by atoms with Crippen LogP contribution in [0, 0.1) is 0 Å². The average molecular weight is 374 g/mol. The molecule has 138 valence electrons. The lowest BCUT2D eigenvalue weighted by Gasteiger charge is -2.10. The van der Waals surface area contributed by atoms with Crippen molar-refractivity contribution in [2.24, 2.45) is 0 Å². The van der Waals surface area contributed by atoms with Crippen molar-refractivity contribution in [1.29, 1.82) is 0 Å². The molecule has 0 aliphatic carbocycles. The molecule has 5 nitrogen and oxygen atoms in total. The van der Waals surface area contributed by atoms with Crippen molar-refractivity contribution >= 4 is 11.2 Å². The van der Waals surface area contributed by atoms with Crippen LogP contribution in [0.3, 0.4) is 0 Å². The lowest BCUT2D eigenvalue weighted by atomic mass is 10.1. The Bertz CT molecular complexity index is 984. The summed E-state index contributed by atoms with van der Waals surface area (Å²) in [6, 6.07) is 7.68. The molecule has 2 heterocycles. The molecule has 0 spiro atoms. The molecule has 0 fully saturated rings. The van der Waals surface area contributed by atoms with E-state index < -0.39 is 30.3 Å². The highest BCUT2D eigenvalue weighted by atomic mass is 19.4. The molecule has 2 aromatic heterocycles. The molecular formula is C16H11F5N2O3. The van der Waals surface area contributed by atoms with E-state index in [-0.39, 0.29) is 16.9 Å². The van der Waals surface area contributed by atoms with Gasteiger partial charge in [0.1, 0.15) is 5.75 Å². The molecule has 0 saturated carbocycles. The summed E-state index contributed by atoms with van der Waals surface area (Å²) in [4.78, 5) is 15.9. The van der Waals surface area contributed by atoms with Gasteiger partial charge in [-0.2, -0.15) is 0 Å². The molecule has 0 N–H and O–H groups in total. The van der Waals surface area contributed by atoms with Gasteiger partial charge in [0.2, 0.25) is 0 Å². The normalized spacial score (nSPS) is 12.5. The molecular weight excluding hydrogens is 363 g/mol. The molecule has 1 aromatic carbocycles. The Morgan fingerprint density at radius 1 is 1.08 bits per heavy atom. The first-order chi connectivity index (χ1) is 12.0. The largest absolute Gasteiger partial charge is 0.573 e. The molecule has 0 amide bonds. The Balaban J connectivity index is 1.98. The summed E-state index contributed by atoms with van der Waals surface area (Å²) in [5, 5.41) is 0. The van der Waals surface area contributed by atoms with Crippen LogP contribution in [0.5, 0.6) is 5.75 Å². The van der Waals surface area contributed by atoms with Crippen molar-refractivity contribution in [3.63, 3.8) is 0 Å². The lowest BCUT2D eigenvalue weighted by molar-refractivity contribution is -0.274. The van der Waals surface area contributed by atoms with Crippen LogP contribution in [-0.4, -0.2) is 21.8 Å². The number of hydrogen-bond donors (Lipinski definition) is 0. The van der Waals surface area contributed by atoms with E-state index in [2.05, 4.69) is 9.72 Å². The fourth-order valence-electron chi connectivity index (χ4n) is 2.35. The predicted octanol–water partition coefficient (Wildman–Crippen LogP) is 4.21. The molecule has 0 radical (unpaired) electrons. The van der Waals surface area contributed by atoms with Crippen molar-refractivity contribution < 1.29 is 31.1 Å². The van der Waals surface area contributed by atoms with Gasteiger partial charge >= 0.3 is 12.1 Å². The summed E-state index contributed by atoms with van der Waals surface area (Å²) >= 11 is 0. The SMILES string of the molecule is CC(F)(F)Cn1c(=O)oc2ccc(-c3ccc(OC(F)(F)F)cc3)nc21. The predicted molar refractivity (Wildman–Crippen MR) is 81.0 cm³/mol. The minimum absolute atomic E-state index is 0.0278. The lowest BCUT2D eigenvalue weighted by Crippen LogP contribution is -2.26. The molecule has 26 heavy (non-hydrogen) atoms. The number of aromatic nitrogens is 2. The first-order valence-corrected chi connectivity index (χ1v) is 7.26. The molecule has 0 atom stereocenters. The Labute approximate surface area is 142 Å². The average Bonchev–Trinajstić information content (AvgIpc) is 2.80. The quantitative estimate of drug-likeness (QED) is 0.642. The fraction of sp³-hybridized carbons (Fsp3) is 0.250. The monoisotopic (exact) mass is 374 g/mol. The van der Waals surface area contributed by atoms with Crippen LogP contribution in [0.2, 0.25) is 0 Å². The Morgan fingerprint density at radius 3 is 2.31 bits per heavy atom. The number of oxazole rings is 1. The van der Waals surface area contributed by atoms with Gasteiger partial charge in [-0.05, 0) is 36.4 Å². The number of rotatable bonds is 4. The van der Waals surface area contributed by atoms with Crippen molar-refractivity contribution in [3.05, 3.63) is 46.9 Å².